The number of aliphatic hydroxyl groups is 1. The van der Waals surface area contributed by atoms with Gasteiger partial charge in [-0.05, 0) is 55.7 Å². The number of hydrogen-bond acceptors (Lipinski definition) is 6. The summed E-state index contributed by atoms with van der Waals surface area (Å²) in [4.78, 5) is 30.6. The molecule has 2 amide bonds. The van der Waals surface area contributed by atoms with Crippen LogP contribution in [0.15, 0.2) is 24.3 Å². The van der Waals surface area contributed by atoms with E-state index in [1.807, 2.05) is 29.2 Å². The van der Waals surface area contributed by atoms with Gasteiger partial charge in [-0.1, -0.05) is 18.9 Å². The lowest BCUT2D eigenvalue weighted by Gasteiger charge is -2.29. The van der Waals surface area contributed by atoms with Crippen LogP contribution < -0.4 is 15.4 Å². The topological polar surface area (TPSA) is 130 Å². The fourth-order valence-electron chi connectivity index (χ4n) is 6.29. The number of carbonyl (C=O) groups is 2. The van der Waals surface area contributed by atoms with Crippen molar-refractivity contribution in [2.75, 3.05) is 20.2 Å². The van der Waals surface area contributed by atoms with E-state index in [2.05, 4.69) is 21.7 Å². The molecule has 1 spiro atoms. The Balaban J connectivity index is 1.37. The maximum Gasteiger partial charge on any atom is 0.238 e. The standard InChI is InChI=1S/C26H33N5O4/c1-35-22-6-4-5-19-18(22)12-20(30-19)25(34)31-15-26(8-2-3-9-26)13-21(31)24(33)29-17(14-27)11-16-7-10-28-23(16)32/h4-6,12,16-17,21,25,30,34H,2-3,7-11,13,15H2,1H3,(H,28,32)(H,29,33). The third kappa shape index (κ3) is 4.48. The minimum absolute atomic E-state index is 0.000169. The molecule has 5 rings (SSSR count). The number of amides is 2. The molecule has 1 saturated carbocycles. The maximum atomic E-state index is 13.5. The second kappa shape index (κ2) is 9.51. The summed E-state index contributed by atoms with van der Waals surface area (Å²) in [5.74, 6) is 0.142. The van der Waals surface area contributed by atoms with Crippen LogP contribution in [-0.4, -0.2) is 59.1 Å². The minimum atomic E-state index is -0.996. The van der Waals surface area contributed by atoms with Gasteiger partial charge in [-0.15, -0.1) is 0 Å². The molecule has 3 aliphatic rings. The molecular weight excluding hydrogens is 446 g/mol. The lowest BCUT2D eigenvalue weighted by Crippen LogP contribution is -2.48. The first-order chi connectivity index (χ1) is 16.9. The van der Waals surface area contributed by atoms with Crippen LogP contribution in [0.5, 0.6) is 5.75 Å². The van der Waals surface area contributed by atoms with Gasteiger partial charge in [0, 0.05) is 29.9 Å². The number of hydrogen-bond donors (Lipinski definition) is 4. The first-order valence-corrected chi connectivity index (χ1v) is 12.5. The molecule has 2 aromatic rings. The molecule has 3 heterocycles. The molecule has 4 atom stereocenters. The van der Waals surface area contributed by atoms with Crippen LogP contribution >= 0.6 is 0 Å². The summed E-state index contributed by atoms with van der Waals surface area (Å²) in [6.45, 7) is 1.23. The SMILES string of the molecule is COc1cccc2[nH]c(C(O)N3CC4(CCCC4)CC3C(=O)NC(C#N)CC3CCNC3=O)cc12. The zero-order chi connectivity index (χ0) is 24.6. The number of methoxy groups -OCH3 is 1. The average molecular weight is 480 g/mol. The quantitative estimate of drug-likeness (QED) is 0.482. The highest BCUT2D eigenvalue weighted by Crippen LogP contribution is 2.49. The van der Waals surface area contributed by atoms with E-state index < -0.39 is 18.3 Å². The molecule has 1 aromatic carbocycles. The van der Waals surface area contributed by atoms with Crippen LogP contribution in [-0.2, 0) is 9.59 Å². The number of nitriles is 1. The molecular formula is C26H33N5O4. The van der Waals surface area contributed by atoms with Gasteiger partial charge in [0.15, 0.2) is 0 Å². The van der Waals surface area contributed by atoms with Gasteiger partial charge in [0.05, 0.1) is 24.9 Å². The van der Waals surface area contributed by atoms with Gasteiger partial charge in [0.2, 0.25) is 11.8 Å². The number of aromatic amines is 1. The van der Waals surface area contributed by atoms with Crippen molar-refractivity contribution >= 4 is 22.7 Å². The molecule has 4 unspecified atom stereocenters. The van der Waals surface area contributed by atoms with Crippen LogP contribution in [0.4, 0.5) is 0 Å². The number of rotatable bonds is 7. The van der Waals surface area contributed by atoms with E-state index in [1.165, 1.54) is 0 Å². The van der Waals surface area contributed by atoms with Crippen LogP contribution in [0, 0.1) is 22.7 Å². The summed E-state index contributed by atoms with van der Waals surface area (Å²) in [6.07, 6.45) is 4.95. The monoisotopic (exact) mass is 479 g/mol. The predicted octanol–water partition coefficient (Wildman–Crippen LogP) is 2.34. The summed E-state index contributed by atoms with van der Waals surface area (Å²) in [5.41, 5.74) is 1.46. The van der Waals surface area contributed by atoms with Crippen molar-refractivity contribution in [3.05, 3.63) is 30.0 Å². The second-order valence-corrected chi connectivity index (χ2v) is 10.3. The van der Waals surface area contributed by atoms with E-state index in [0.29, 0.717) is 43.8 Å². The van der Waals surface area contributed by atoms with Crippen LogP contribution in [0.1, 0.15) is 56.9 Å². The van der Waals surface area contributed by atoms with Crippen LogP contribution in [0.2, 0.25) is 0 Å². The minimum Gasteiger partial charge on any atom is -0.496 e. The maximum absolute atomic E-state index is 13.5. The largest absolute Gasteiger partial charge is 0.496 e. The van der Waals surface area contributed by atoms with Gasteiger partial charge in [0.1, 0.15) is 18.0 Å². The average Bonchev–Trinajstić information content (AvgIpc) is 3.65. The fourth-order valence-corrected chi connectivity index (χ4v) is 6.29. The summed E-state index contributed by atoms with van der Waals surface area (Å²) in [7, 11) is 1.61. The Labute approximate surface area is 204 Å². The Morgan fingerprint density at radius 3 is 2.89 bits per heavy atom. The van der Waals surface area contributed by atoms with E-state index in [-0.39, 0.29) is 23.1 Å². The van der Waals surface area contributed by atoms with Crippen molar-refractivity contribution in [1.29, 1.82) is 5.26 Å². The molecule has 35 heavy (non-hydrogen) atoms. The Bertz CT molecular complexity index is 1150. The number of fused-ring (bicyclic) bond motifs is 1. The molecule has 9 heteroatoms. The molecule has 3 fully saturated rings. The lowest BCUT2D eigenvalue weighted by atomic mass is 9.84. The highest BCUT2D eigenvalue weighted by molar-refractivity contribution is 5.87. The van der Waals surface area contributed by atoms with E-state index in [9.17, 15) is 20.0 Å². The number of nitrogens with zero attached hydrogens (tertiary/aromatic N) is 2. The van der Waals surface area contributed by atoms with Gasteiger partial charge in [0.25, 0.3) is 0 Å². The third-order valence-electron chi connectivity index (χ3n) is 8.12. The van der Waals surface area contributed by atoms with Crippen molar-refractivity contribution in [3.8, 4) is 11.8 Å². The van der Waals surface area contributed by atoms with Gasteiger partial charge in [-0.3, -0.25) is 14.5 Å². The molecule has 1 aromatic heterocycles. The van der Waals surface area contributed by atoms with Crippen molar-refractivity contribution in [1.82, 2.24) is 20.5 Å². The number of H-pyrrole nitrogens is 1. The van der Waals surface area contributed by atoms with Gasteiger partial charge >= 0.3 is 0 Å². The summed E-state index contributed by atoms with van der Waals surface area (Å²) in [5, 5.41) is 27.7. The molecule has 0 bridgehead atoms. The smallest absolute Gasteiger partial charge is 0.238 e. The van der Waals surface area contributed by atoms with Crippen LogP contribution in [0.25, 0.3) is 10.9 Å². The second-order valence-electron chi connectivity index (χ2n) is 10.3. The van der Waals surface area contributed by atoms with Gasteiger partial charge in [-0.2, -0.15) is 5.26 Å². The van der Waals surface area contributed by atoms with E-state index in [0.717, 1.165) is 36.6 Å². The first-order valence-electron chi connectivity index (χ1n) is 12.5. The van der Waals surface area contributed by atoms with E-state index >= 15 is 0 Å². The highest BCUT2D eigenvalue weighted by Gasteiger charge is 2.50. The van der Waals surface area contributed by atoms with Crippen LogP contribution in [0.3, 0.4) is 0 Å². The number of ether oxygens (including phenoxy) is 1. The summed E-state index contributed by atoms with van der Waals surface area (Å²) >= 11 is 0. The number of likely N-dealkylation sites (tertiary alicyclic amines) is 1. The normalized spacial score (nSPS) is 25.5. The molecule has 9 nitrogen and oxygen atoms in total. The van der Waals surface area contributed by atoms with Crippen molar-refractivity contribution in [3.63, 3.8) is 0 Å². The Hall–Kier alpha value is -3.09. The van der Waals surface area contributed by atoms with Crippen molar-refractivity contribution in [2.45, 2.75) is 63.3 Å². The highest BCUT2D eigenvalue weighted by atomic mass is 16.5. The molecule has 0 radical (unpaired) electrons. The zero-order valence-electron chi connectivity index (χ0n) is 20.0. The summed E-state index contributed by atoms with van der Waals surface area (Å²) in [6, 6.07) is 8.43. The number of aliphatic hydroxyl groups excluding tert-OH is 1. The van der Waals surface area contributed by atoms with Crippen molar-refractivity contribution in [2.24, 2.45) is 11.3 Å². The zero-order valence-corrected chi connectivity index (χ0v) is 20.0. The Kier molecular flexibility index (Phi) is 6.43. The van der Waals surface area contributed by atoms with E-state index in [1.54, 1.807) is 7.11 Å². The number of nitrogens with one attached hydrogen (secondary N) is 3. The lowest BCUT2D eigenvalue weighted by molar-refractivity contribution is -0.130. The number of carbonyl (C=O) groups excluding carboxylic acids is 2. The van der Waals surface area contributed by atoms with E-state index in [4.69, 9.17) is 4.74 Å². The predicted molar refractivity (Wildman–Crippen MR) is 129 cm³/mol. The Morgan fingerprint density at radius 2 is 2.20 bits per heavy atom. The van der Waals surface area contributed by atoms with Gasteiger partial charge < -0.3 is 25.5 Å². The number of benzene rings is 1. The molecule has 2 aliphatic heterocycles. The molecule has 1 aliphatic carbocycles. The fraction of sp³-hybridized carbons (Fsp3) is 0.577. The molecule has 2 saturated heterocycles. The third-order valence-corrected chi connectivity index (χ3v) is 8.12. The summed E-state index contributed by atoms with van der Waals surface area (Å²) < 4.78 is 5.46. The molecule has 186 valence electrons. The Morgan fingerprint density at radius 1 is 1.40 bits per heavy atom. The molecule has 4 N–H and O–H groups in total. The number of aromatic nitrogens is 1. The first kappa shape index (κ1) is 23.6. The van der Waals surface area contributed by atoms with Gasteiger partial charge in [-0.25, -0.2) is 0 Å². The van der Waals surface area contributed by atoms with Crippen molar-refractivity contribution < 1.29 is 19.4 Å².